The molecule has 0 aromatic rings. The Morgan fingerprint density at radius 2 is 0.462 bits per heavy atom. The van der Waals surface area contributed by atoms with Crippen LogP contribution in [0.2, 0.25) is 0 Å². The number of carbonyl (C=O) groups excluding carboxylic acids is 4. The van der Waals surface area contributed by atoms with E-state index < -0.39 is 97.5 Å². The van der Waals surface area contributed by atoms with Crippen LogP contribution in [0.25, 0.3) is 0 Å². The Balaban J connectivity index is 5.19. The van der Waals surface area contributed by atoms with Crippen molar-refractivity contribution in [3.05, 3.63) is 0 Å². The van der Waals surface area contributed by atoms with Crippen molar-refractivity contribution >= 4 is 39.5 Å². The fourth-order valence-corrected chi connectivity index (χ4v) is 12.4. The molecule has 0 radical (unpaired) electrons. The summed E-state index contributed by atoms with van der Waals surface area (Å²) in [6.45, 7) is 14.0. The summed E-state index contributed by atoms with van der Waals surface area (Å²) in [6.07, 6.45) is 44.7. The second-order valence-electron chi connectivity index (χ2n) is 27.9. The molecule has 3 N–H and O–H groups in total. The average molecular weight is 1340 g/mol. The molecule has 0 fully saturated rings. The zero-order chi connectivity index (χ0) is 67.5. The number of ether oxygens (including phenoxy) is 4. The fourth-order valence-electron chi connectivity index (χ4n) is 10.8. The van der Waals surface area contributed by atoms with Crippen molar-refractivity contribution in [1.29, 1.82) is 0 Å². The van der Waals surface area contributed by atoms with Crippen molar-refractivity contribution in [1.82, 2.24) is 0 Å². The van der Waals surface area contributed by atoms with Gasteiger partial charge in [0.15, 0.2) is 12.2 Å². The Bertz CT molecular complexity index is 1800. The topological polar surface area (TPSA) is 237 Å². The molecule has 0 aliphatic heterocycles. The molecule has 0 bridgehead atoms. The summed E-state index contributed by atoms with van der Waals surface area (Å²) >= 11 is 0. The molecule has 0 amide bonds. The molecule has 0 saturated heterocycles. The van der Waals surface area contributed by atoms with Gasteiger partial charge in [-0.15, -0.1) is 0 Å². The first kappa shape index (κ1) is 89.1. The van der Waals surface area contributed by atoms with Gasteiger partial charge in [0.2, 0.25) is 0 Å². The summed E-state index contributed by atoms with van der Waals surface area (Å²) < 4.78 is 68.3. The molecule has 0 spiro atoms. The van der Waals surface area contributed by atoms with Gasteiger partial charge in [-0.25, -0.2) is 9.13 Å². The normalized spacial score (nSPS) is 14.2. The third kappa shape index (κ3) is 66.5. The van der Waals surface area contributed by atoms with Gasteiger partial charge < -0.3 is 33.8 Å². The molecule has 0 aliphatic rings. The number of hydrogen-bond donors (Lipinski definition) is 3. The summed E-state index contributed by atoms with van der Waals surface area (Å²) in [5.74, 6) is 0.819. The molecule has 0 aromatic carbocycles. The number of esters is 4. The van der Waals surface area contributed by atoms with Crippen LogP contribution in [0, 0.1) is 23.7 Å². The lowest BCUT2D eigenvalue weighted by atomic mass is 10.0. The van der Waals surface area contributed by atoms with Crippen LogP contribution in [-0.2, 0) is 65.4 Å². The molecule has 19 heteroatoms. The van der Waals surface area contributed by atoms with Gasteiger partial charge in [0.05, 0.1) is 26.4 Å². The zero-order valence-electron chi connectivity index (χ0n) is 59.5. The molecule has 0 aliphatic carbocycles. The minimum absolute atomic E-state index is 0.102. The molecule has 0 saturated carbocycles. The first-order valence-corrected chi connectivity index (χ1v) is 40.2. The van der Waals surface area contributed by atoms with Gasteiger partial charge in [0.1, 0.15) is 19.3 Å². The van der Waals surface area contributed by atoms with Crippen molar-refractivity contribution in [3.63, 3.8) is 0 Å². The van der Waals surface area contributed by atoms with Gasteiger partial charge in [-0.05, 0) is 49.4 Å². The van der Waals surface area contributed by atoms with E-state index in [1.807, 2.05) is 0 Å². The molecule has 0 rings (SSSR count). The highest BCUT2D eigenvalue weighted by Gasteiger charge is 2.30. The summed E-state index contributed by atoms with van der Waals surface area (Å²) in [4.78, 5) is 72.5. The monoisotopic (exact) mass is 1340 g/mol. The third-order valence-electron chi connectivity index (χ3n) is 16.6. The van der Waals surface area contributed by atoms with E-state index in [4.69, 9.17) is 37.0 Å². The Kier molecular flexibility index (Phi) is 60.3. The van der Waals surface area contributed by atoms with Gasteiger partial charge >= 0.3 is 39.5 Å². The maximum Gasteiger partial charge on any atom is 0.472 e. The molecular weight excluding hydrogens is 1200 g/mol. The lowest BCUT2D eigenvalue weighted by molar-refractivity contribution is -0.161. The van der Waals surface area contributed by atoms with Crippen LogP contribution in [-0.4, -0.2) is 96.7 Å². The van der Waals surface area contributed by atoms with E-state index >= 15 is 0 Å². The van der Waals surface area contributed by atoms with Crippen LogP contribution < -0.4 is 0 Å². The highest BCUT2D eigenvalue weighted by Crippen LogP contribution is 2.45. The van der Waals surface area contributed by atoms with Crippen LogP contribution in [0.3, 0.4) is 0 Å². The SMILES string of the molecule is CC(C)CCCCCCCCCCCCCCCCCCC(=O)OC[C@H](COP(=O)(O)OCC(O)COP(=O)(O)OC[C@@H](COC(=O)CCCCCCCCCC(C)C)OC(=O)CCCCCCCCCC(C)C)OC(=O)CCCCCCCCCCCC(C)C. The van der Waals surface area contributed by atoms with Crippen LogP contribution >= 0.6 is 15.6 Å². The summed E-state index contributed by atoms with van der Waals surface area (Å²) in [5.41, 5.74) is 0. The minimum Gasteiger partial charge on any atom is -0.462 e. The lowest BCUT2D eigenvalue weighted by Crippen LogP contribution is -2.30. The quantitative estimate of drug-likeness (QED) is 0.0222. The molecule has 17 nitrogen and oxygen atoms in total. The van der Waals surface area contributed by atoms with Gasteiger partial charge in [-0.3, -0.25) is 37.3 Å². The summed E-state index contributed by atoms with van der Waals surface area (Å²) in [5, 5.41) is 10.6. The number of hydrogen-bond acceptors (Lipinski definition) is 15. The van der Waals surface area contributed by atoms with Crippen molar-refractivity contribution in [2.75, 3.05) is 39.6 Å². The average Bonchev–Trinajstić information content (AvgIpc) is 2.96. The van der Waals surface area contributed by atoms with E-state index in [0.29, 0.717) is 37.5 Å². The van der Waals surface area contributed by atoms with E-state index in [0.717, 1.165) is 108 Å². The zero-order valence-corrected chi connectivity index (χ0v) is 61.3. The lowest BCUT2D eigenvalue weighted by Gasteiger charge is -2.21. The smallest absolute Gasteiger partial charge is 0.462 e. The Morgan fingerprint density at radius 1 is 0.275 bits per heavy atom. The van der Waals surface area contributed by atoms with Crippen LogP contribution in [0.4, 0.5) is 0 Å². The second-order valence-corrected chi connectivity index (χ2v) is 30.8. The van der Waals surface area contributed by atoms with Crippen molar-refractivity contribution in [2.24, 2.45) is 23.7 Å². The number of rotatable bonds is 69. The van der Waals surface area contributed by atoms with E-state index in [-0.39, 0.29) is 25.7 Å². The van der Waals surface area contributed by atoms with Crippen molar-refractivity contribution < 1.29 is 80.2 Å². The number of carbonyl (C=O) groups is 4. The Labute approximate surface area is 556 Å². The molecule has 91 heavy (non-hydrogen) atoms. The fraction of sp³-hybridized carbons (Fsp3) is 0.944. The van der Waals surface area contributed by atoms with Gasteiger partial charge in [-0.1, -0.05) is 306 Å². The highest BCUT2D eigenvalue weighted by molar-refractivity contribution is 7.47. The molecule has 5 atom stereocenters. The first-order chi connectivity index (χ1) is 43.6. The van der Waals surface area contributed by atoms with Gasteiger partial charge in [0, 0.05) is 25.7 Å². The van der Waals surface area contributed by atoms with E-state index in [9.17, 15) is 43.2 Å². The molecular formula is C72H140O17P2. The van der Waals surface area contributed by atoms with Gasteiger partial charge in [-0.2, -0.15) is 0 Å². The second kappa shape index (κ2) is 61.6. The van der Waals surface area contributed by atoms with E-state index in [1.54, 1.807) is 0 Å². The minimum atomic E-state index is -4.95. The third-order valence-corrected chi connectivity index (χ3v) is 18.5. The summed E-state index contributed by atoms with van der Waals surface area (Å²) in [7, 11) is -9.90. The Hall–Kier alpha value is -1.94. The number of phosphoric ester groups is 2. The predicted molar refractivity (Wildman–Crippen MR) is 367 cm³/mol. The van der Waals surface area contributed by atoms with Crippen LogP contribution in [0.15, 0.2) is 0 Å². The van der Waals surface area contributed by atoms with Crippen molar-refractivity contribution in [2.45, 2.75) is 375 Å². The molecule has 0 heterocycles. The Morgan fingerprint density at radius 3 is 0.681 bits per heavy atom. The van der Waals surface area contributed by atoms with E-state index in [1.165, 1.54) is 154 Å². The highest BCUT2D eigenvalue weighted by atomic mass is 31.2. The van der Waals surface area contributed by atoms with Crippen LogP contribution in [0.5, 0.6) is 0 Å². The number of aliphatic hydroxyl groups excluding tert-OH is 1. The van der Waals surface area contributed by atoms with Crippen molar-refractivity contribution in [3.8, 4) is 0 Å². The predicted octanol–water partition coefficient (Wildman–Crippen LogP) is 20.5. The van der Waals surface area contributed by atoms with Crippen LogP contribution in [0.1, 0.15) is 357 Å². The van der Waals surface area contributed by atoms with E-state index in [2.05, 4.69) is 55.4 Å². The maximum atomic E-state index is 13.0. The molecule has 3 unspecified atom stereocenters. The summed E-state index contributed by atoms with van der Waals surface area (Å²) in [6, 6.07) is 0. The standard InChI is InChI=1S/C72H140O17P2/c1-62(2)48-40-32-24-18-15-13-11-9-10-12-14-16-20-28-36-44-52-69(74)82-58-67(88-71(76)54-46-38-29-21-17-19-25-33-41-49-63(3)4)60-86-90(78,79)84-56-66(73)57-85-91(80,81)87-61-68(89-72(77)55-47-39-31-23-27-35-43-51-65(7)8)59-83-70(75)53-45-37-30-22-26-34-42-50-64(5)6/h62-68,73H,9-61H2,1-8H3,(H,78,79)(H,80,81)/t66?,67-,68-/m1/s1. The molecule has 0 aromatic heterocycles. The maximum absolute atomic E-state index is 13.0. The largest absolute Gasteiger partial charge is 0.472 e. The number of phosphoric acid groups is 2. The first-order valence-electron chi connectivity index (χ1n) is 37.2. The number of aliphatic hydroxyl groups is 1. The molecule has 540 valence electrons. The van der Waals surface area contributed by atoms with Gasteiger partial charge in [0.25, 0.3) is 0 Å². The number of unbranched alkanes of at least 4 members (excludes halogenated alkanes) is 35.